The molecule has 4 heteroatoms. The van der Waals surface area contributed by atoms with E-state index >= 15 is 0 Å². The molecule has 1 aromatic carbocycles. The van der Waals surface area contributed by atoms with E-state index in [1.807, 2.05) is 16.9 Å². The molecule has 3 rings (SSSR count). The summed E-state index contributed by atoms with van der Waals surface area (Å²) in [6.07, 6.45) is 5.41. The number of carbonyl (C=O) groups excluding carboxylic acids is 1. The number of hydrogen-bond acceptors (Lipinski definition) is 1. The highest BCUT2D eigenvalue weighted by molar-refractivity contribution is 9.10. The van der Waals surface area contributed by atoms with Crippen LogP contribution in [0.1, 0.15) is 24.5 Å². The summed E-state index contributed by atoms with van der Waals surface area (Å²) in [5.74, 6) is -0.0443. The molecule has 17 heavy (non-hydrogen) atoms. The lowest BCUT2D eigenvalue weighted by molar-refractivity contribution is -0.115. The maximum absolute atomic E-state index is 11.2. The SMILES string of the molecule is CC(=O)Nn1cc2c3c(c(Br)ccc31)CCC2. The Morgan fingerprint density at radius 2 is 2.24 bits per heavy atom. The number of carbonyl (C=O) groups is 1. The fraction of sp³-hybridized carbons (Fsp3) is 0.308. The van der Waals surface area contributed by atoms with Crippen molar-refractivity contribution >= 4 is 32.7 Å². The van der Waals surface area contributed by atoms with Gasteiger partial charge in [-0.15, -0.1) is 0 Å². The van der Waals surface area contributed by atoms with E-state index in [9.17, 15) is 4.79 Å². The summed E-state index contributed by atoms with van der Waals surface area (Å²) < 4.78 is 3.01. The summed E-state index contributed by atoms with van der Waals surface area (Å²) in [5, 5.41) is 1.30. The number of amides is 1. The Morgan fingerprint density at radius 3 is 3.00 bits per heavy atom. The lowest BCUT2D eigenvalue weighted by atomic mass is 9.93. The van der Waals surface area contributed by atoms with Crippen LogP contribution in [0.5, 0.6) is 0 Å². The Kier molecular flexibility index (Phi) is 2.47. The highest BCUT2D eigenvalue weighted by atomic mass is 79.9. The number of benzene rings is 1. The van der Waals surface area contributed by atoms with Crippen molar-refractivity contribution in [2.24, 2.45) is 0 Å². The maximum Gasteiger partial charge on any atom is 0.235 e. The second kappa shape index (κ2) is 3.88. The van der Waals surface area contributed by atoms with Crippen LogP contribution in [0.15, 0.2) is 22.8 Å². The first-order valence-corrected chi connectivity index (χ1v) is 6.55. The molecular formula is C13H13BrN2O. The van der Waals surface area contributed by atoms with Crippen LogP contribution < -0.4 is 5.43 Å². The topological polar surface area (TPSA) is 34.0 Å². The minimum absolute atomic E-state index is 0.0443. The minimum atomic E-state index is -0.0443. The smallest absolute Gasteiger partial charge is 0.235 e. The second-order valence-electron chi connectivity index (χ2n) is 4.47. The molecular weight excluding hydrogens is 280 g/mol. The third kappa shape index (κ3) is 1.67. The van der Waals surface area contributed by atoms with Crippen molar-refractivity contribution in [3.8, 4) is 0 Å². The van der Waals surface area contributed by atoms with Gasteiger partial charge in [0.25, 0.3) is 0 Å². The number of nitrogens with one attached hydrogen (secondary N) is 1. The number of aromatic nitrogens is 1. The summed E-state index contributed by atoms with van der Waals surface area (Å²) in [6.45, 7) is 1.53. The molecule has 0 radical (unpaired) electrons. The summed E-state index contributed by atoms with van der Waals surface area (Å²) >= 11 is 3.61. The van der Waals surface area contributed by atoms with E-state index in [2.05, 4.69) is 27.4 Å². The molecule has 0 unspecified atom stereocenters. The zero-order valence-electron chi connectivity index (χ0n) is 9.59. The van der Waals surface area contributed by atoms with E-state index in [0.29, 0.717) is 0 Å². The molecule has 3 nitrogen and oxygen atoms in total. The van der Waals surface area contributed by atoms with Crippen LogP contribution in [0.25, 0.3) is 10.9 Å². The summed E-state index contributed by atoms with van der Waals surface area (Å²) in [4.78, 5) is 11.2. The third-order valence-corrected chi connectivity index (χ3v) is 3.99. The van der Waals surface area contributed by atoms with Gasteiger partial charge in [-0.3, -0.25) is 14.9 Å². The van der Waals surface area contributed by atoms with Crippen LogP contribution in [-0.2, 0) is 17.6 Å². The molecule has 0 fully saturated rings. The molecule has 0 saturated heterocycles. The Hall–Kier alpha value is -1.29. The van der Waals surface area contributed by atoms with Crippen LogP contribution >= 0.6 is 15.9 Å². The number of hydrogen-bond donors (Lipinski definition) is 1. The van der Waals surface area contributed by atoms with E-state index < -0.39 is 0 Å². The van der Waals surface area contributed by atoms with Crippen molar-refractivity contribution in [1.29, 1.82) is 0 Å². The highest BCUT2D eigenvalue weighted by Crippen LogP contribution is 2.35. The van der Waals surface area contributed by atoms with Gasteiger partial charge in [0.2, 0.25) is 5.91 Å². The Bertz CT molecular complexity index is 615. The highest BCUT2D eigenvalue weighted by Gasteiger charge is 2.18. The molecule has 0 saturated carbocycles. The van der Waals surface area contributed by atoms with Gasteiger partial charge in [0.15, 0.2) is 0 Å². The second-order valence-corrected chi connectivity index (χ2v) is 5.32. The number of nitrogens with zero attached hydrogens (tertiary/aromatic N) is 1. The Balaban J connectivity index is 2.29. The predicted octanol–water partition coefficient (Wildman–Crippen LogP) is 2.98. The van der Waals surface area contributed by atoms with Crippen LogP contribution in [0, 0.1) is 0 Å². The van der Waals surface area contributed by atoms with Gasteiger partial charge in [-0.2, -0.15) is 0 Å². The molecule has 1 heterocycles. The molecule has 1 N–H and O–H groups in total. The number of rotatable bonds is 1. The van der Waals surface area contributed by atoms with Crippen molar-refractivity contribution in [3.05, 3.63) is 33.9 Å². The zero-order chi connectivity index (χ0) is 12.0. The van der Waals surface area contributed by atoms with Gasteiger partial charge in [-0.05, 0) is 42.5 Å². The van der Waals surface area contributed by atoms with Crippen molar-refractivity contribution in [2.45, 2.75) is 26.2 Å². The van der Waals surface area contributed by atoms with E-state index in [-0.39, 0.29) is 5.91 Å². The first-order valence-electron chi connectivity index (χ1n) is 5.75. The lowest BCUT2D eigenvalue weighted by Crippen LogP contribution is -2.18. The zero-order valence-corrected chi connectivity index (χ0v) is 11.2. The third-order valence-electron chi connectivity index (χ3n) is 3.25. The van der Waals surface area contributed by atoms with Crippen molar-refractivity contribution in [1.82, 2.24) is 4.68 Å². The minimum Gasteiger partial charge on any atom is -0.274 e. The average molecular weight is 293 g/mol. The molecule has 0 atom stereocenters. The first-order chi connectivity index (χ1) is 8.16. The first kappa shape index (κ1) is 10.8. The summed E-state index contributed by atoms with van der Waals surface area (Å²) in [5.41, 5.74) is 6.63. The van der Waals surface area contributed by atoms with Crippen LogP contribution in [0.4, 0.5) is 0 Å². The van der Waals surface area contributed by atoms with E-state index in [0.717, 1.165) is 18.4 Å². The maximum atomic E-state index is 11.2. The molecule has 0 bridgehead atoms. The molecule has 2 aromatic rings. The molecule has 1 aromatic heterocycles. The Labute approximate surface area is 108 Å². The normalized spacial score (nSPS) is 14.0. The van der Waals surface area contributed by atoms with Gasteiger partial charge in [0.05, 0.1) is 5.52 Å². The molecule has 0 spiro atoms. The van der Waals surface area contributed by atoms with Crippen molar-refractivity contribution < 1.29 is 4.79 Å². The van der Waals surface area contributed by atoms with Crippen LogP contribution in [0.3, 0.4) is 0 Å². The number of halogens is 1. The van der Waals surface area contributed by atoms with Gasteiger partial charge in [0.1, 0.15) is 0 Å². The quantitative estimate of drug-likeness (QED) is 0.861. The molecule has 88 valence electrons. The standard InChI is InChI=1S/C13H13BrN2O/c1-8(17)15-16-7-9-3-2-4-10-11(14)5-6-12(16)13(9)10/h5-7H,2-4H2,1H3,(H,15,17). The number of aryl methyl sites for hydroxylation is 2. The monoisotopic (exact) mass is 292 g/mol. The molecule has 0 aliphatic heterocycles. The average Bonchev–Trinajstić information content (AvgIpc) is 2.62. The van der Waals surface area contributed by atoms with Gasteiger partial charge in [-0.25, -0.2) is 0 Å². The van der Waals surface area contributed by atoms with E-state index in [1.54, 1.807) is 0 Å². The van der Waals surface area contributed by atoms with Gasteiger partial charge in [-0.1, -0.05) is 15.9 Å². The van der Waals surface area contributed by atoms with Gasteiger partial charge in [0, 0.05) is 23.0 Å². The van der Waals surface area contributed by atoms with Crippen molar-refractivity contribution in [3.63, 3.8) is 0 Å². The van der Waals surface area contributed by atoms with E-state index in [4.69, 9.17) is 0 Å². The summed E-state index contributed by atoms with van der Waals surface area (Å²) in [7, 11) is 0. The fourth-order valence-corrected chi connectivity index (χ4v) is 3.14. The Morgan fingerprint density at radius 1 is 1.41 bits per heavy atom. The molecule has 1 aliphatic rings. The largest absolute Gasteiger partial charge is 0.274 e. The van der Waals surface area contributed by atoms with Crippen LogP contribution in [0.2, 0.25) is 0 Å². The summed E-state index contributed by atoms with van der Waals surface area (Å²) in [6, 6.07) is 4.11. The van der Waals surface area contributed by atoms with Gasteiger partial charge < -0.3 is 0 Å². The van der Waals surface area contributed by atoms with Crippen LogP contribution in [-0.4, -0.2) is 10.6 Å². The van der Waals surface area contributed by atoms with Gasteiger partial charge >= 0.3 is 0 Å². The molecule has 1 amide bonds. The van der Waals surface area contributed by atoms with Crippen molar-refractivity contribution in [2.75, 3.05) is 5.43 Å². The lowest BCUT2D eigenvalue weighted by Gasteiger charge is -2.13. The fourth-order valence-electron chi connectivity index (χ4n) is 2.61. The van der Waals surface area contributed by atoms with E-state index in [1.165, 1.54) is 34.3 Å². The molecule has 1 aliphatic carbocycles. The predicted molar refractivity (Wildman–Crippen MR) is 71.7 cm³/mol.